The highest BCUT2D eigenvalue weighted by Crippen LogP contribution is 2.18. The Labute approximate surface area is 192 Å². The smallest absolute Gasteiger partial charge is 0.0786 e. The number of benzene rings is 1. The molecular formula is C27H56BNSi. The number of hydrogen-bond acceptors (Lipinski definition) is 0. The molecule has 1 nitrogen and oxygen atoms in total. The van der Waals surface area contributed by atoms with Crippen LogP contribution in [-0.2, 0) is 0 Å². The number of rotatable bonds is 14. The van der Waals surface area contributed by atoms with E-state index in [2.05, 4.69) is 91.3 Å². The van der Waals surface area contributed by atoms with Gasteiger partial charge in [-0.05, 0) is 25.7 Å². The van der Waals surface area contributed by atoms with Crippen molar-refractivity contribution in [2.45, 2.75) is 112 Å². The summed E-state index contributed by atoms with van der Waals surface area (Å²) in [4.78, 5) is 0. The minimum absolute atomic E-state index is 0.311. The molecule has 0 spiro atoms. The molecular weight excluding hydrogens is 377 g/mol. The third-order valence-electron chi connectivity index (χ3n) is 7.74. The van der Waals surface area contributed by atoms with Crippen LogP contribution in [0.4, 0.5) is 0 Å². The van der Waals surface area contributed by atoms with Crippen LogP contribution in [0.25, 0.3) is 0 Å². The van der Waals surface area contributed by atoms with Crippen molar-refractivity contribution in [3.8, 4) is 0 Å². The van der Waals surface area contributed by atoms with Crippen molar-refractivity contribution in [1.82, 2.24) is 0 Å². The lowest BCUT2D eigenvalue weighted by Gasteiger charge is -2.44. The summed E-state index contributed by atoms with van der Waals surface area (Å²) in [5.74, 6) is 0. The van der Waals surface area contributed by atoms with Gasteiger partial charge in [-0.25, -0.2) is 5.46 Å². The Morgan fingerprint density at radius 3 is 1.23 bits per heavy atom. The Morgan fingerprint density at radius 2 is 0.967 bits per heavy atom. The van der Waals surface area contributed by atoms with Gasteiger partial charge in [0.25, 0.3) is 0 Å². The van der Waals surface area contributed by atoms with Gasteiger partial charge in [-0.15, -0.1) is 0 Å². The fourth-order valence-electron chi connectivity index (χ4n) is 4.08. The summed E-state index contributed by atoms with van der Waals surface area (Å²) in [6, 6.07) is 11.0. The Balaban J connectivity index is 0.000000579. The van der Waals surface area contributed by atoms with Gasteiger partial charge in [-0.2, -0.15) is 13.6 Å². The second-order valence-corrected chi connectivity index (χ2v) is 17.5. The number of hydrogen-bond donors (Lipinski definition) is 0. The molecule has 0 radical (unpaired) electrons. The second kappa shape index (κ2) is 15.3. The molecule has 3 heteroatoms. The van der Waals surface area contributed by atoms with Crippen LogP contribution in [0.15, 0.2) is 30.3 Å². The second-order valence-electron chi connectivity index (χ2n) is 11.3. The zero-order valence-corrected chi connectivity index (χ0v) is 23.4. The zero-order valence-electron chi connectivity index (χ0n) is 22.4. The molecule has 0 saturated heterocycles. The highest BCUT2D eigenvalue weighted by atomic mass is 28.3. The average molecular weight is 434 g/mol. The lowest BCUT2D eigenvalue weighted by atomic mass is 9.46. The third kappa shape index (κ3) is 10.7. The molecule has 1 aromatic rings. The fraction of sp³-hybridized carbons (Fsp3) is 0.778. The molecule has 0 aliphatic heterocycles. The molecule has 0 aromatic heterocycles. The van der Waals surface area contributed by atoms with Gasteiger partial charge in [-0.1, -0.05) is 111 Å². The highest BCUT2D eigenvalue weighted by Gasteiger charge is 2.29. The number of nitrogens with zero attached hydrogens (tertiary/aromatic N) is 1. The summed E-state index contributed by atoms with van der Waals surface area (Å²) in [6.45, 7) is 27.3. The molecule has 0 aliphatic carbocycles. The van der Waals surface area contributed by atoms with Crippen LogP contribution in [0.3, 0.4) is 0 Å². The predicted molar refractivity (Wildman–Crippen MR) is 146 cm³/mol. The van der Waals surface area contributed by atoms with Crippen LogP contribution in [0.1, 0.15) is 79.1 Å². The molecule has 1 rings (SSSR count). The van der Waals surface area contributed by atoms with E-state index in [0.717, 1.165) is 0 Å². The van der Waals surface area contributed by atoms with E-state index in [4.69, 9.17) is 0 Å². The largest absolute Gasteiger partial charge is 0.324 e. The molecule has 0 unspecified atom stereocenters. The van der Waals surface area contributed by atoms with Crippen molar-refractivity contribution in [3.63, 3.8) is 0 Å². The maximum absolute atomic E-state index is 2.46. The van der Waals surface area contributed by atoms with Crippen LogP contribution in [0, 0.1) is 0 Å². The number of unbranched alkanes of at least 4 members (excludes halogenated alkanes) is 4. The lowest BCUT2D eigenvalue weighted by Crippen LogP contribution is -2.61. The van der Waals surface area contributed by atoms with Gasteiger partial charge in [0.15, 0.2) is 0 Å². The first kappa shape index (κ1) is 29.5. The molecule has 0 saturated carbocycles. The third-order valence-corrected chi connectivity index (χ3v) is 12.4. The van der Waals surface area contributed by atoms with E-state index in [0.29, 0.717) is 0 Å². The number of quaternary nitrogens is 1. The summed E-state index contributed by atoms with van der Waals surface area (Å²) < 4.78 is 1.42. The van der Waals surface area contributed by atoms with Crippen molar-refractivity contribution in [1.29, 1.82) is 0 Å². The van der Waals surface area contributed by atoms with Crippen LogP contribution in [0.5, 0.6) is 0 Å². The Bertz CT molecular complexity index is 484. The van der Waals surface area contributed by atoms with Gasteiger partial charge in [0.1, 0.15) is 0 Å². The van der Waals surface area contributed by atoms with E-state index in [-0.39, 0.29) is 5.74 Å². The maximum Gasteiger partial charge on any atom is 0.0786 e. The first-order valence-electron chi connectivity index (χ1n) is 13.2. The SMILES string of the molecule is CCCC[N+](CCCC)(CCCC)CCCC.C[B-](C)(c1ccccc1)[Si](C)(C)C. The van der Waals surface area contributed by atoms with E-state index in [1.54, 1.807) is 5.46 Å². The monoisotopic (exact) mass is 433 g/mol. The van der Waals surface area contributed by atoms with Crippen LogP contribution in [-0.4, -0.2) is 44.3 Å². The van der Waals surface area contributed by atoms with Crippen molar-refractivity contribution in [2.75, 3.05) is 26.2 Å². The highest BCUT2D eigenvalue weighted by molar-refractivity contribution is 7.45. The van der Waals surface area contributed by atoms with Gasteiger partial charge < -0.3 is 4.48 Å². The van der Waals surface area contributed by atoms with Crippen LogP contribution < -0.4 is 5.46 Å². The molecule has 0 amide bonds. The minimum Gasteiger partial charge on any atom is -0.324 e. The summed E-state index contributed by atoms with van der Waals surface area (Å²) in [5.41, 5.74) is 1.23. The molecule has 0 aliphatic rings. The van der Waals surface area contributed by atoms with Gasteiger partial charge in [-0.3, -0.25) is 0 Å². The van der Waals surface area contributed by atoms with Crippen molar-refractivity contribution >= 4 is 19.1 Å². The molecule has 30 heavy (non-hydrogen) atoms. The molecule has 1 aromatic carbocycles. The first-order chi connectivity index (χ1) is 14.1. The Kier molecular flexibility index (Phi) is 15.0. The van der Waals surface area contributed by atoms with Crippen LogP contribution >= 0.6 is 0 Å². The van der Waals surface area contributed by atoms with E-state index in [1.807, 2.05) is 0 Å². The van der Waals surface area contributed by atoms with E-state index < -0.39 is 7.94 Å². The van der Waals surface area contributed by atoms with Gasteiger partial charge in [0.2, 0.25) is 0 Å². The normalized spacial score (nSPS) is 12.4. The van der Waals surface area contributed by atoms with Crippen LogP contribution in [0.2, 0.25) is 33.3 Å². The molecule has 0 N–H and O–H groups in total. The summed E-state index contributed by atoms with van der Waals surface area (Å²) in [7, 11) is -1.06. The topological polar surface area (TPSA) is 0 Å². The summed E-state index contributed by atoms with van der Waals surface area (Å²) in [6.07, 6.45) is 11.1. The van der Waals surface area contributed by atoms with Gasteiger partial charge in [0.05, 0.1) is 26.2 Å². The minimum atomic E-state index is -1.06. The Hall–Kier alpha value is -0.538. The Morgan fingerprint density at radius 1 is 0.633 bits per heavy atom. The standard InChI is InChI=1S/C16H36N.C11H20BSi/c1-5-9-13-17(14-10-6-2,15-11-7-3)16-12-8-4;1-12(2,13(3,4)5)11-9-7-6-8-10-11/h5-16H2,1-4H3;6-10H,1-5H3/q+1;-1. The quantitative estimate of drug-likeness (QED) is 0.206. The van der Waals surface area contributed by atoms with E-state index in [1.165, 1.54) is 82.0 Å². The summed E-state index contributed by atoms with van der Waals surface area (Å²) in [5, 5.41) is 0. The van der Waals surface area contributed by atoms with Crippen molar-refractivity contribution in [2.24, 2.45) is 0 Å². The first-order valence-corrected chi connectivity index (χ1v) is 16.8. The predicted octanol–water partition coefficient (Wildman–Crippen LogP) is 8.02. The molecule has 0 atom stereocenters. The van der Waals surface area contributed by atoms with Gasteiger partial charge in [0, 0.05) is 5.74 Å². The zero-order chi connectivity index (χ0) is 23.1. The van der Waals surface area contributed by atoms with E-state index in [9.17, 15) is 0 Å². The van der Waals surface area contributed by atoms with Crippen molar-refractivity contribution < 1.29 is 4.48 Å². The lowest BCUT2D eigenvalue weighted by molar-refractivity contribution is -0.929. The molecule has 0 fully saturated rings. The maximum atomic E-state index is 2.46. The molecule has 0 heterocycles. The molecule has 176 valence electrons. The molecule has 0 bridgehead atoms. The van der Waals surface area contributed by atoms with E-state index >= 15 is 0 Å². The van der Waals surface area contributed by atoms with Crippen molar-refractivity contribution in [3.05, 3.63) is 30.3 Å². The fourth-order valence-corrected chi connectivity index (χ4v) is 5.27. The summed E-state index contributed by atoms with van der Waals surface area (Å²) >= 11 is 0. The average Bonchev–Trinajstić information content (AvgIpc) is 2.73. The van der Waals surface area contributed by atoms with Gasteiger partial charge >= 0.3 is 0 Å².